The van der Waals surface area contributed by atoms with Crippen LogP contribution in [-0.4, -0.2) is 111 Å². The van der Waals surface area contributed by atoms with E-state index in [0.29, 0.717) is 77.6 Å². The van der Waals surface area contributed by atoms with E-state index in [4.69, 9.17) is 47.4 Å². The molecule has 10 nitrogen and oxygen atoms in total. The zero-order valence-corrected chi connectivity index (χ0v) is 43.4. The number of aryl methyl sites for hydroxylation is 1. The highest BCUT2D eigenvalue weighted by atomic mass is 16.6. The van der Waals surface area contributed by atoms with Gasteiger partial charge >= 0.3 is 0 Å². The van der Waals surface area contributed by atoms with Crippen molar-refractivity contribution in [2.75, 3.05) is 66.1 Å². The summed E-state index contributed by atoms with van der Waals surface area (Å²) in [6.45, 7) is 48.9. The number of ether oxygens (including phenoxy) is 10. The quantitative estimate of drug-likeness (QED) is 0.0744. The Hall–Kier alpha value is -1.50. The molecule has 0 heterocycles. The summed E-state index contributed by atoms with van der Waals surface area (Å²) in [5.41, 5.74) is -1.29. The predicted octanol–water partition coefficient (Wildman–Crippen LogP) is 12.0. The SMILES string of the molecule is Cc1ccc(OCC(COC(C)(C)CCOC(C)(C)C)COC(C)(C)CCOC(C)(C)C)c(OCC(COC(C)(C)CCOC(C)(C)C)COC(C)(C)CCOC(C)(C)C)c1. The Labute approximate surface area is 375 Å². The molecule has 0 aliphatic rings. The summed E-state index contributed by atoms with van der Waals surface area (Å²) >= 11 is 0. The standard InChI is InChI=1S/C51H96O10/c1-39-22-23-42(52-33-40(35-58-48(14,15)24-28-54-44(2,3)4)36-59-49(16,17)25-29-55-45(5,6)7)43(32-39)53-34-41(37-60-50(18,19)26-30-56-46(8,9)10)38-61-51(20,21)27-31-57-47(11,12)13/h22-23,32,40-41H,24-31,33-38H2,1-21H3. The van der Waals surface area contributed by atoms with Crippen LogP contribution in [-0.2, 0) is 37.9 Å². The summed E-state index contributed by atoms with van der Waals surface area (Å²) in [6.07, 6.45) is 3.07. The van der Waals surface area contributed by atoms with Gasteiger partial charge in [0.25, 0.3) is 0 Å². The van der Waals surface area contributed by atoms with Crippen molar-refractivity contribution in [2.24, 2.45) is 11.8 Å². The molecule has 0 fully saturated rings. The van der Waals surface area contributed by atoms with E-state index in [2.05, 4.69) is 151 Å². The van der Waals surface area contributed by atoms with Crippen molar-refractivity contribution in [3.63, 3.8) is 0 Å². The van der Waals surface area contributed by atoms with E-state index < -0.39 is 11.2 Å². The third kappa shape index (κ3) is 31.1. The van der Waals surface area contributed by atoms with E-state index in [-0.39, 0.29) is 45.4 Å². The minimum atomic E-state index is -0.390. The molecule has 0 aromatic heterocycles. The topological polar surface area (TPSA) is 92.3 Å². The first-order valence-electron chi connectivity index (χ1n) is 23.0. The van der Waals surface area contributed by atoms with Gasteiger partial charge in [-0.15, -0.1) is 0 Å². The number of benzene rings is 1. The zero-order chi connectivity index (χ0) is 47.0. The van der Waals surface area contributed by atoms with E-state index >= 15 is 0 Å². The Morgan fingerprint density at radius 1 is 0.344 bits per heavy atom. The van der Waals surface area contributed by atoms with Crippen molar-refractivity contribution in [3.8, 4) is 11.5 Å². The molecule has 0 saturated carbocycles. The average molecular weight is 869 g/mol. The van der Waals surface area contributed by atoms with Gasteiger partial charge in [-0.1, -0.05) is 6.07 Å². The molecule has 0 saturated heterocycles. The molecule has 0 unspecified atom stereocenters. The summed E-state index contributed by atoms with van der Waals surface area (Å²) in [4.78, 5) is 0. The van der Waals surface area contributed by atoms with Crippen LogP contribution in [0, 0.1) is 18.8 Å². The summed E-state index contributed by atoms with van der Waals surface area (Å²) in [5.74, 6) is 1.25. The maximum atomic E-state index is 6.64. The summed E-state index contributed by atoms with van der Waals surface area (Å²) < 4.78 is 63.6. The molecule has 360 valence electrons. The lowest BCUT2D eigenvalue weighted by Gasteiger charge is -2.32. The zero-order valence-electron chi connectivity index (χ0n) is 43.4. The Bertz CT molecular complexity index is 1270. The van der Waals surface area contributed by atoms with E-state index in [9.17, 15) is 0 Å². The normalized spacial score (nSPS) is 14.1. The lowest BCUT2D eigenvalue weighted by Crippen LogP contribution is -2.36. The molecule has 0 spiro atoms. The van der Waals surface area contributed by atoms with Gasteiger partial charge in [-0.25, -0.2) is 0 Å². The Morgan fingerprint density at radius 3 is 0.869 bits per heavy atom. The predicted molar refractivity (Wildman–Crippen MR) is 251 cm³/mol. The molecular formula is C51H96O10. The third-order valence-corrected chi connectivity index (χ3v) is 9.84. The molecule has 0 atom stereocenters. The van der Waals surface area contributed by atoms with E-state index in [1.807, 2.05) is 12.1 Å². The largest absolute Gasteiger partial charge is 0.489 e. The van der Waals surface area contributed by atoms with Gasteiger partial charge in [-0.2, -0.15) is 0 Å². The molecule has 0 amide bonds. The molecule has 61 heavy (non-hydrogen) atoms. The van der Waals surface area contributed by atoms with Crippen LogP contribution in [0.5, 0.6) is 11.5 Å². The van der Waals surface area contributed by atoms with Gasteiger partial charge < -0.3 is 47.4 Å². The van der Waals surface area contributed by atoms with Crippen LogP contribution in [0.15, 0.2) is 18.2 Å². The Morgan fingerprint density at radius 2 is 0.607 bits per heavy atom. The molecule has 0 aliphatic heterocycles. The molecule has 1 aromatic carbocycles. The second-order valence-electron chi connectivity index (χ2n) is 23.4. The van der Waals surface area contributed by atoms with E-state index in [0.717, 1.165) is 31.2 Å². The summed E-state index contributed by atoms with van der Waals surface area (Å²) in [7, 11) is 0. The lowest BCUT2D eigenvalue weighted by molar-refractivity contribution is -0.110. The Balaban J connectivity index is 3.22. The first-order chi connectivity index (χ1) is 27.6. The molecule has 0 bridgehead atoms. The van der Waals surface area contributed by atoms with Gasteiger partial charge in [0.1, 0.15) is 0 Å². The highest BCUT2D eigenvalue weighted by Gasteiger charge is 2.29. The maximum Gasteiger partial charge on any atom is 0.161 e. The van der Waals surface area contributed by atoms with Gasteiger partial charge in [0, 0.05) is 38.3 Å². The van der Waals surface area contributed by atoms with Gasteiger partial charge in [-0.3, -0.25) is 0 Å². The summed E-state index contributed by atoms with van der Waals surface area (Å²) in [6, 6.07) is 6.08. The second-order valence-corrected chi connectivity index (χ2v) is 23.4. The van der Waals surface area contributed by atoms with Crippen molar-refractivity contribution < 1.29 is 47.4 Å². The maximum absolute atomic E-state index is 6.64. The van der Waals surface area contributed by atoms with E-state index in [1.165, 1.54) is 0 Å². The van der Waals surface area contributed by atoms with Crippen molar-refractivity contribution in [1.82, 2.24) is 0 Å². The van der Waals surface area contributed by atoms with Gasteiger partial charge in [-0.05, 0) is 189 Å². The van der Waals surface area contributed by atoms with Crippen molar-refractivity contribution in [1.29, 1.82) is 0 Å². The molecule has 0 N–H and O–H groups in total. The average Bonchev–Trinajstić information content (AvgIpc) is 3.05. The van der Waals surface area contributed by atoms with Crippen LogP contribution in [0.4, 0.5) is 0 Å². The van der Waals surface area contributed by atoms with Crippen LogP contribution in [0.3, 0.4) is 0 Å². The van der Waals surface area contributed by atoms with Crippen LogP contribution >= 0.6 is 0 Å². The monoisotopic (exact) mass is 869 g/mol. The third-order valence-electron chi connectivity index (χ3n) is 9.84. The number of hydrogen-bond acceptors (Lipinski definition) is 10. The van der Waals surface area contributed by atoms with Crippen molar-refractivity contribution in [3.05, 3.63) is 23.8 Å². The van der Waals surface area contributed by atoms with Gasteiger partial charge in [0.15, 0.2) is 11.5 Å². The molecule has 10 heteroatoms. The van der Waals surface area contributed by atoms with Crippen LogP contribution in [0.25, 0.3) is 0 Å². The summed E-state index contributed by atoms with van der Waals surface area (Å²) in [5, 5.41) is 0. The molecular weight excluding hydrogens is 773 g/mol. The highest BCUT2D eigenvalue weighted by molar-refractivity contribution is 5.42. The minimum absolute atomic E-state index is 0.0525. The van der Waals surface area contributed by atoms with Gasteiger partial charge in [0.2, 0.25) is 0 Å². The molecule has 1 aromatic rings. The fourth-order valence-corrected chi connectivity index (χ4v) is 5.63. The first-order valence-corrected chi connectivity index (χ1v) is 23.0. The molecule has 0 aliphatic carbocycles. The van der Waals surface area contributed by atoms with Crippen molar-refractivity contribution in [2.45, 2.75) is 216 Å². The van der Waals surface area contributed by atoms with Crippen molar-refractivity contribution >= 4 is 0 Å². The fourth-order valence-electron chi connectivity index (χ4n) is 5.63. The van der Waals surface area contributed by atoms with Crippen LogP contribution in [0.1, 0.15) is 170 Å². The van der Waals surface area contributed by atoms with Crippen LogP contribution in [0.2, 0.25) is 0 Å². The Kier molecular flexibility index (Phi) is 23.3. The highest BCUT2D eigenvalue weighted by Crippen LogP contribution is 2.31. The first kappa shape index (κ1) is 57.5. The fraction of sp³-hybridized carbons (Fsp3) is 0.882. The smallest absolute Gasteiger partial charge is 0.161 e. The van der Waals surface area contributed by atoms with E-state index in [1.54, 1.807) is 0 Å². The lowest BCUT2D eigenvalue weighted by atomic mass is 10.0. The number of rotatable bonds is 30. The van der Waals surface area contributed by atoms with Crippen LogP contribution < -0.4 is 9.47 Å². The molecule has 1 rings (SSSR count). The minimum Gasteiger partial charge on any atom is -0.489 e. The van der Waals surface area contributed by atoms with Gasteiger partial charge in [0.05, 0.1) is 84.4 Å². The number of hydrogen-bond donors (Lipinski definition) is 0. The second kappa shape index (κ2) is 24.7. The molecule has 0 radical (unpaired) electrons.